The third-order valence-electron chi connectivity index (χ3n) is 4.62. The molecule has 0 fully saturated rings. The lowest BCUT2D eigenvalue weighted by molar-refractivity contribution is 0.0992. The van der Waals surface area contributed by atoms with Crippen molar-refractivity contribution >= 4 is 21.7 Å². The molecule has 0 saturated carbocycles. The number of hydrogen-bond donors (Lipinski definition) is 2. The third kappa shape index (κ3) is 4.48. The molecule has 8 heteroatoms. The highest BCUT2D eigenvalue weighted by Gasteiger charge is 2.20. The maximum absolute atomic E-state index is 14.1. The summed E-state index contributed by atoms with van der Waals surface area (Å²) in [5, 5.41) is 0. The molecular weight excluding hydrogens is 393 g/mol. The molecule has 6 nitrogen and oxygen atoms in total. The highest BCUT2D eigenvalue weighted by atomic mass is 32.2. The van der Waals surface area contributed by atoms with Gasteiger partial charge in [-0.05, 0) is 41.8 Å². The average Bonchev–Trinajstić information content (AvgIpc) is 3.05. The number of carbonyl (C=O) groups excluding carboxylic acids is 1. The Kier molecular flexibility index (Phi) is 5.74. The average molecular weight is 415 g/mol. The Labute approximate surface area is 169 Å². The number of aromatic nitrogens is 1. The summed E-state index contributed by atoms with van der Waals surface area (Å²) in [6, 6.07) is 15.5. The van der Waals surface area contributed by atoms with Gasteiger partial charge in [-0.1, -0.05) is 44.2 Å². The van der Waals surface area contributed by atoms with Crippen LogP contribution in [0.2, 0.25) is 0 Å². The Morgan fingerprint density at radius 3 is 2.31 bits per heavy atom. The van der Waals surface area contributed by atoms with E-state index in [4.69, 9.17) is 5.73 Å². The minimum absolute atomic E-state index is 0.0535. The monoisotopic (exact) mass is 415 g/mol. The van der Waals surface area contributed by atoms with E-state index in [1.165, 1.54) is 34.9 Å². The number of sulfonamides is 1. The van der Waals surface area contributed by atoms with Gasteiger partial charge < -0.3 is 10.3 Å². The van der Waals surface area contributed by atoms with Crippen molar-refractivity contribution in [3.8, 4) is 0 Å². The first-order valence-corrected chi connectivity index (χ1v) is 10.5. The lowest BCUT2D eigenvalue weighted by Gasteiger charge is -2.15. The summed E-state index contributed by atoms with van der Waals surface area (Å²) in [5.41, 5.74) is 6.79. The van der Waals surface area contributed by atoms with Gasteiger partial charge in [0.05, 0.1) is 11.4 Å². The van der Waals surface area contributed by atoms with Gasteiger partial charge in [0.1, 0.15) is 17.3 Å². The summed E-state index contributed by atoms with van der Waals surface area (Å²) in [4.78, 5) is 11.9. The second-order valence-corrected chi connectivity index (χ2v) is 8.66. The van der Waals surface area contributed by atoms with Crippen molar-refractivity contribution < 1.29 is 17.6 Å². The van der Waals surface area contributed by atoms with E-state index in [0.29, 0.717) is 5.56 Å². The van der Waals surface area contributed by atoms with Crippen LogP contribution in [0.15, 0.2) is 65.6 Å². The third-order valence-corrected chi connectivity index (χ3v) is 5.99. The Hall–Kier alpha value is -3.13. The van der Waals surface area contributed by atoms with E-state index >= 15 is 0 Å². The molecule has 0 bridgehead atoms. The van der Waals surface area contributed by atoms with Crippen molar-refractivity contribution in [3.05, 3.63) is 83.3 Å². The second-order valence-electron chi connectivity index (χ2n) is 6.97. The maximum Gasteiger partial charge on any atom is 0.265 e. The molecule has 0 aliphatic carbocycles. The molecule has 0 aliphatic heterocycles. The van der Waals surface area contributed by atoms with Gasteiger partial charge in [0.15, 0.2) is 0 Å². The molecule has 1 aromatic heterocycles. The van der Waals surface area contributed by atoms with Gasteiger partial charge in [0.25, 0.3) is 15.9 Å². The maximum atomic E-state index is 14.1. The molecule has 2 aromatic carbocycles. The number of anilines is 1. The first-order chi connectivity index (χ1) is 13.7. The van der Waals surface area contributed by atoms with Crippen molar-refractivity contribution in [2.24, 2.45) is 5.73 Å². The molecule has 0 unspecified atom stereocenters. The van der Waals surface area contributed by atoms with Crippen LogP contribution in [0, 0.1) is 5.82 Å². The molecular formula is C21H22FN3O3S. The van der Waals surface area contributed by atoms with Gasteiger partial charge in [-0.25, -0.2) is 12.8 Å². The second kappa shape index (κ2) is 8.08. The number of amides is 1. The molecule has 3 N–H and O–H groups in total. The lowest BCUT2D eigenvalue weighted by atomic mass is 10.0. The summed E-state index contributed by atoms with van der Waals surface area (Å²) in [6.45, 7) is 3.98. The van der Waals surface area contributed by atoms with Crippen molar-refractivity contribution in [1.29, 1.82) is 0 Å². The Morgan fingerprint density at radius 1 is 1.07 bits per heavy atom. The molecule has 0 atom stereocenters. The number of nitrogens with zero attached hydrogens (tertiary/aromatic N) is 1. The van der Waals surface area contributed by atoms with E-state index in [9.17, 15) is 17.6 Å². The summed E-state index contributed by atoms with van der Waals surface area (Å²) in [5.74, 6) is -0.811. The van der Waals surface area contributed by atoms with Crippen molar-refractivity contribution in [2.45, 2.75) is 31.2 Å². The Bertz CT molecular complexity index is 1140. The Balaban J connectivity index is 1.96. The molecule has 0 spiro atoms. The molecule has 29 heavy (non-hydrogen) atoms. The smallest absolute Gasteiger partial charge is 0.265 e. The number of rotatable bonds is 7. The topological polar surface area (TPSA) is 94.2 Å². The SMILES string of the molecule is CC(C)c1ccc(S(=O)(=O)Nc2ccc(C(N)=O)n2Cc2ccccc2F)cc1. The van der Waals surface area contributed by atoms with Crippen LogP contribution in [-0.2, 0) is 16.6 Å². The van der Waals surface area contributed by atoms with Gasteiger partial charge in [-0.15, -0.1) is 0 Å². The summed E-state index contributed by atoms with van der Waals surface area (Å²) in [6.07, 6.45) is 0. The fourth-order valence-corrected chi connectivity index (χ4v) is 4.03. The number of benzene rings is 2. The van der Waals surface area contributed by atoms with Crippen molar-refractivity contribution in [2.75, 3.05) is 4.72 Å². The van der Waals surface area contributed by atoms with Crippen LogP contribution >= 0.6 is 0 Å². The molecule has 3 aromatic rings. The number of primary amides is 1. The number of nitrogens with two attached hydrogens (primary N) is 1. The van der Waals surface area contributed by atoms with Crippen LogP contribution in [0.1, 0.15) is 41.4 Å². The first kappa shape index (κ1) is 20.6. The molecule has 0 radical (unpaired) electrons. The van der Waals surface area contributed by atoms with Crippen LogP contribution < -0.4 is 10.5 Å². The molecule has 0 saturated heterocycles. The van der Waals surface area contributed by atoms with Gasteiger partial charge in [0, 0.05) is 5.56 Å². The minimum atomic E-state index is -3.91. The van der Waals surface area contributed by atoms with Crippen LogP contribution in [0.5, 0.6) is 0 Å². The minimum Gasteiger partial charge on any atom is -0.364 e. The lowest BCUT2D eigenvalue weighted by Crippen LogP contribution is -2.21. The predicted molar refractivity (Wildman–Crippen MR) is 110 cm³/mol. The van der Waals surface area contributed by atoms with E-state index < -0.39 is 21.7 Å². The molecule has 1 amide bonds. The molecule has 1 heterocycles. The molecule has 3 rings (SSSR count). The summed E-state index contributed by atoms with van der Waals surface area (Å²) >= 11 is 0. The summed E-state index contributed by atoms with van der Waals surface area (Å²) < 4.78 is 43.5. The van der Waals surface area contributed by atoms with E-state index in [1.54, 1.807) is 30.3 Å². The highest BCUT2D eigenvalue weighted by molar-refractivity contribution is 7.92. The van der Waals surface area contributed by atoms with Gasteiger partial charge in [-0.2, -0.15) is 0 Å². The predicted octanol–water partition coefficient (Wildman–Crippen LogP) is 3.70. The standard InChI is InChI=1S/C21H22FN3O3S/c1-14(2)15-7-9-17(10-8-15)29(27,28)24-20-12-11-19(21(23)26)25(20)13-16-5-3-4-6-18(16)22/h3-12,14,24H,13H2,1-2H3,(H2,23,26). The zero-order valence-corrected chi connectivity index (χ0v) is 16.9. The Morgan fingerprint density at radius 2 is 1.72 bits per heavy atom. The van der Waals surface area contributed by atoms with Gasteiger partial charge in [-0.3, -0.25) is 9.52 Å². The fourth-order valence-electron chi connectivity index (χ4n) is 2.97. The highest BCUT2D eigenvalue weighted by Crippen LogP contribution is 2.23. The zero-order chi connectivity index (χ0) is 21.2. The molecule has 152 valence electrons. The van der Waals surface area contributed by atoms with E-state index in [1.807, 2.05) is 13.8 Å². The normalized spacial score (nSPS) is 11.6. The van der Waals surface area contributed by atoms with Crippen LogP contribution in [-0.4, -0.2) is 18.9 Å². The van der Waals surface area contributed by atoms with Gasteiger partial charge in [0.2, 0.25) is 0 Å². The van der Waals surface area contributed by atoms with Crippen LogP contribution in [0.4, 0.5) is 10.2 Å². The van der Waals surface area contributed by atoms with E-state index in [0.717, 1.165) is 5.56 Å². The van der Waals surface area contributed by atoms with Crippen LogP contribution in [0.25, 0.3) is 0 Å². The fraction of sp³-hybridized carbons (Fsp3) is 0.190. The van der Waals surface area contributed by atoms with E-state index in [2.05, 4.69) is 4.72 Å². The first-order valence-electron chi connectivity index (χ1n) is 9.04. The van der Waals surface area contributed by atoms with E-state index in [-0.39, 0.29) is 28.9 Å². The van der Waals surface area contributed by atoms with Crippen molar-refractivity contribution in [1.82, 2.24) is 4.57 Å². The number of hydrogen-bond acceptors (Lipinski definition) is 3. The number of carbonyl (C=O) groups is 1. The van der Waals surface area contributed by atoms with Crippen LogP contribution in [0.3, 0.4) is 0 Å². The largest absolute Gasteiger partial charge is 0.364 e. The van der Waals surface area contributed by atoms with Crippen molar-refractivity contribution in [3.63, 3.8) is 0 Å². The number of nitrogens with one attached hydrogen (secondary N) is 1. The summed E-state index contributed by atoms with van der Waals surface area (Å²) in [7, 11) is -3.91. The van der Waals surface area contributed by atoms with Gasteiger partial charge >= 0.3 is 0 Å². The number of halogens is 1. The molecule has 0 aliphatic rings. The quantitative estimate of drug-likeness (QED) is 0.616. The zero-order valence-electron chi connectivity index (χ0n) is 16.1.